The monoisotopic (exact) mass is 466 g/mol. The molecule has 0 saturated heterocycles. The lowest BCUT2D eigenvalue weighted by Crippen LogP contribution is -2.09. The van der Waals surface area contributed by atoms with Crippen LogP contribution in [0.4, 0.5) is 19.0 Å². The molecule has 1 aromatic heterocycles. The number of carbonyl (C=O) groups excluding carboxylic acids is 1. The number of hydrogen-bond acceptors (Lipinski definition) is 4. The number of anilines is 1. The number of rotatable bonds is 9. The second-order valence-electron chi connectivity index (χ2n) is 9.13. The molecule has 2 atom stereocenters. The van der Waals surface area contributed by atoms with Crippen LogP contribution in [0.25, 0.3) is 11.1 Å². The highest BCUT2D eigenvalue weighted by Crippen LogP contribution is 2.45. The van der Waals surface area contributed by atoms with Gasteiger partial charge in [-0.1, -0.05) is 24.3 Å². The van der Waals surface area contributed by atoms with Gasteiger partial charge in [0.2, 0.25) is 0 Å². The minimum absolute atomic E-state index is 0.0880. The maximum Gasteiger partial charge on any atom is 0.417 e. The van der Waals surface area contributed by atoms with Crippen LogP contribution in [0.1, 0.15) is 41.9 Å². The fraction of sp³-hybridized carbons (Fsp3) is 0.333. The molecule has 0 radical (unpaired) electrons. The third-order valence-electron chi connectivity index (χ3n) is 6.44. The van der Waals surface area contributed by atoms with Gasteiger partial charge in [0.05, 0.1) is 12.2 Å². The van der Waals surface area contributed by atoms with Crippen LogP contribution in [0.5, 0.6) is 5.75 Å². The number of nitrogens with zero attached hydrogens (tertiary/aromatic N) is 1. The predicted octanol–water partition coefficient (Wildman–Crippen LogP) is 6.47. The van der Waals surface area contributed by atoms with Crippen molar-refractivity contribution in [1.29, 1.82) is 0 Å². The maximum atomic E-state index is 13.7. The van der Waals surface area contributed by atoms with Gasteiger partial charge in [-0.25, -0.2) is 4.98 Å². The van der Waals surface area contributed by atoms with Gasteiger partial charge in [0.15, 0.2) is 0 Å². The molecule has 1 unspecified atom stereocenters. The number of aromatic nitrogens is 1. The van der Waals surface area contributed by atoms with Crippen LogP contribution in [-0.2, 0) is 17.5 Å². The Morgan fingerprint density at radius 3 is 2.47 bits per heavy atom. The van der Waals surface area contributed by atoms with Gasteiger partial charge >= 0.3 is 6.18 Å². The van der Waals surface area contributed by atoms with Crippen LogP contribution in [0.15, 0.2) is 60.8 Å². The van der Waals surface area contributed by atoms with Gasteiger partial charge in [0.25, 0.3) is 0 Å². The standard InChI is InChI=1S/C27H25F3N2O2/c28-27(29,30)25-9-3-18(13-31-26-10-6-20(14-32-26)23-12-21(23)15-33)11-24(25)19-4-7-22(8-5-19)34-16-17-1-2-17/h3-11,14-15,17,21,23H,1-2,12-13,16H2,(H,31,32)/t21-,23?/m1/s1. The van der Waals surface area contributed by atoms with Crippen molar-refractivity contribution in [1.82, 2.24) is 4.98 Å². The summed E-state index contributed by atoms with van der Waals surface area (Å²) in [5.74, 6) is 2.24. The van der Waals surface area contributed by atoms with E-state index in [4.69, 9.17) is 4.74 Å². The molecular formula is C27H25F3N2O2. The van der Waals surface area contributed by atoms with Gasteiger partial charge < -0.3 is 14.8 Å². The topological polar surface area (TPSA) is 51.2 Å². The van der Waals surface area contributed by atoms with Crippen molar-refractivity contribution in [2.75, 3.05) is 11.9 Å². The van der Waals surface area contributed by atoms with Crippen molar-refractivity contribution in [2.45, 2.75) is 37.9 Å². The molecule has 34 heavy (non-hydrogen) atoms. The summed E-state index contributed by atoms with van der Waals surface area (Å²) in [6.45, 7) is 0.988. The van der Waals surface area contributed by atoms with Gasteiger partial charge in [0, 0.05) is 18.7 Å². The lowest BCUT2D eigenvalue weighted by atomic mass is 9.96. The second kappa shape index (κ2) is 9.12. The minimum Gasteiger partial charge on any atom is -0.493 e. The van der Waals surface area contributed by atoms with E-state index in [0.717, 1.165) is 24.3 Å². The first-order chi connectivity index (χ1) is 16.4. The van der Waals surface area contributed by atoms with Crippen LogP contribution in [0, 0.1) is 11.8 Å². The lowest BCUT2D eigenvalue weighted by molar-refractivity contribution is -0.137. The predicted molar refractivity (Wildman–Crippen MR) is 124 cm³/mol. The number of ether oxygens (including phenoxy) is 1. The van der Waals surface area contributed by atoms with Gasteiger partial charge in [-0.2, -0.15) is 13.2 Å². The molecule has 1 N–H and O–H groups in total. The molecule has 2 aliphatic rings. The average molecular weight is 467 g/mol. The number of alkyl halides is 3. The molecule has 2 fully saturated rings. The summed E-state index contributed by atoms with van der Waals surface area (Å²) in [5, 5.41) is 3.17. The zero-order chi connectivity index (χ0) is 23.7. The smallest absolute Gasteiger partial charge is 0.417 e. The van der Waals surface area contributed by atoms with Crippen LogP contribution in [0.2, 0.25) is 0 Å². The Morgan fingerprint density at radius 1 is 1.06 bits per heavy atom. The van der Waals surface area contributed by atoms with E-state index in [-0.39, 0.29) is 17.4 Å². The van der Waals surface area contributed by atoms with Crippen molar-refractivity contribution in [3.8, 4) is 16.9 Å². The van der Waals surface area contributed by atoms with Gasteiger partial charge in [0.1, 0.15) is 17.9 Å². The molecule has 0 amide bonds. The fourth-order valence-corrected chi connectivity index (χ4v) is 4.09. The molecule has 0 bridgehead atoms. The van der Waals surface area contributed by atoms with Crippen molar-refractivity contribution >= 4 is 12.1 Å². The molecule has 2 saturated carbocycles. The number of pyridine rings is 1. The zero-order valence-electron chi connectivity index (χ0n) is 18.5. The van der Waals surface area contributed by atoms with Gasteiger partial charge in [-0.15, -0.1) is 0 Å². The summed E-state index contributed by atoms with van der Waals surface area (Å²) in [5.41, 5.74) is 1.71. The van der Waals surface area contributed by atoms with E-state index >= 15 is 0 Å². The zero-order valence-corrected chi connectivity index (χ0v) is 18.5. The highest BCUT2D eigenvalue weighted by atomic mass is 19.4. The Hall–Kier alpha value is -3.35. The van der Waals surface area contributed by atoms with Crippen molar-refractivity contribution in [2.24, 2.45) is 11.8 Å². The Balaban J connectivity index is 1.30. The van der Waals surface area contributed by atoms with Gasteiger partial charge in [-0.05, 0) is 83.7 Å². The molecule has 0 aliphatic heterocycles. The second-order valence-corrected chi connectivity index (χ2v) is 9.13. The molecular weight excluding hydrogens is 441 g/mol. The van der Waals surface area contributed by atoms with E-state index in [9.17, 15) is 18.0 Å². The molecule has 4 nitrogen and oxygen atoms in total. The summed E-state index contributed by atoms with van der Waals surface area (Å²) in [7, 11) is 0. The van der Waals surface area contributed by atoms with E-state index in [2.05, 4.69) is 10.3 Å². The van der Waals surface area contributed by atoms with Crippen molar-refractivity contribution < 1.29 is 22.7 Å². The summed E-state index contributed by atoms with van der Waals surface area (Å²) in [4.78, 5) is 15.2. The molecule has 2 aromatic carbocycles. The lowest BCUT2D eigenvalue weighted by Gasteiger charge is -2.16. The number of hydrogen-bond donors (Lipinski definition) is 1. The van der Waals surface area contributed by atoms with E-state index in [0.29, 0.717) is 41.8 Å². The normalized spacial score (nSPS) is 19.5. The molecule has 1 heterocycles. The summed E-state index contributed by atoms with van der Waals surface area (Å²) >= 11 is 0. The molecule has 176 valence electrons. The third-order valence-corrected chi connectivity index (χ3v) is 6.44. The van der Waals surface area contributed by atoms with E-state index < -0.39 is 11.7 Å². The molecule has 7 heteroatoms. The first-order valence-electron chi connectivity index (χ1n) is 11.5. The summed E-state index contributed by atoms with van der Waals surface area (Å²) in [6.07, 6.45) is 1.49. The summed E-state index contributed by atoms with van der Waals surface area (Å²) < 4.78 is 46.8. The molecule has 0 spiro atoms. The molecule has 2 aliphatic carbocycles. The molecule has 3 aromatic rings. The largest absolute Gasteiger partial charge is 0.493 e. The Labute approximate surface area is 196 Å². The Kier molecular flexibility index (Phi) is 6.02. The highest BCUT2D eigenvalue weighted by molar-refractivity contribution is 5.69. The summed E-state index contributed by atoms with van der Waals surface area (Å²) in [6, 6.07) is 14.8. The van der Waals surface area contributed by atoms with Crippen LogP contribution >= 0.6 is 0 Å². The minimum atomic E-state index is -4.46. The van der Waals surface area contributed by atoms with E-state index in [1.54, 1.807) is 36.5 Å². The van der Waals surface area contributed by atoms with Crippen LogP contribution in [0.3, 0.4) is 0 Å². The third kappa shape index (κ3) is 5.24. The van der Waals surface area contributed by atoms with Crippen molar-refractivity contribution in [3.05, 3.63) is 77.5 Å². The number of carbonyl (C=O) groups is 1. The highest BCUT2D eigenvalue weighted by Gasteiger charge is 2.38. The SMILES string of the molecule is O=C[C@H]1CC1c1ccc(NCc2ccc(C(F)(F)F)c(-c3ccc(OCC4CC4)cc3)c2)nc1. The van der Waals surface area contributed by atoms with Crippen LogP contribution in [-0.4, -0.2) is 17.9 Å². The first kappa shape index (κ1) is 22.4. The number of benzene rings is 2. The number of aldehydes is 1. The van der Waals surface area contributed by atoms with E-state index in [1.165, 1.54) is 18.9 Å². The Morgan fingerprint density at radius 2 is 1.85 bits per heavy atom. The number of halogens is 3. The van der Waals surface area contributed by atoms with Gasteiger partial charge in [-0.3, -0.25) is 0 Å². The Bertz CT molecular complexity index is 1160. The average Bonchev–Trinajstić information content (AvgIpc) is 3.76. The van der Waals surface area contributed by atoms with E-state index in [1.807, 2.05) is 12.1 Å². The van der Waals surface area contributed by atoms with Crippen molar-refractivity contribution in [3.63, 3.8) is 0 Å². The fourth-order valence-electron chi connectivity index (χ4n) is 4.09. The molecule has 5 rings (SSSR count). The maximum absolute atomic E-state index is 13.7. The number of nitrogens with one attached hydrogen (secondary N) is 1. The first-order valence-corrected chi connectivity index (χ1v) is 11.5. The quantitative estimate of drug-likeness (QED) is 0.367. The van der Waals surface area contributed by atoms with Crippen LogP contribution < -0.4 is 10.1 Å².